The molecule has 2 aromatic heterocycles. The second-order valence-corrected chi connectivity index (χ2v) is 6.83. The minimum atomic E-state index is -4.85. The van der Waals surface area contributed by atoms with Crippen molar-refractivity contribution >= 4 is 28.3 Å². The lowest BCUT2D eigenvalue weighted by molar-refractivity contribution is -0.138. The molecule has 0 aliphatic carbocycles. The Balaban J connectivity index is 1.81. The Morgan fingerprint density at radius 2 is 1.94 bits per heavy atom. The fourth-order valence-electron chi connectivity index (χ4n) is 3.42. The van der Waals surface area contributed by atoms with Gasteiger partial charge in [0.15, 0.2) is 5.82 Å². The van der Waals surface area contributed by atoms with Gasteiger partial charge in [-0.25, -0.2) is 14.8 Å². The molecule has 4 rings (SSSR count). The van der Waals surface area contributed by atoms with Gasteiger partial charge in [0.1, 0.15) is 17.0 Å². The van der Waals surface area contributed by atoms with Crippen molar-refractivity contribution in [3.05, 3.63) is 59.5 Å². The van der Waals surface area contributed by atoms with Crippen LogP contribution in [0.15, 0.2) is 42.9 Å². The summed E-state index contributed by atoms with van der Waals surface area (Å²) in [5.74, 6) is -0.223. The topological polar surface area (TPSA) is 98.0 Å². The number of methoxy groups -OCH3 is 2. The number of aromatic nitrogens is 3. The molecule has 4 aromatic rings. The number of carboxylic acids is 1. The molecule has 0 spiro atoms. The molecule has 32 heavy (non-hydrogen) atoms. The third-order valence-electron chi connectivity index (χ3n) is 4.96. The average Bonchev–Trinajstić information content (AvgIpc) is 3.26. The minimum absolute atomic E-state index is 0.0305. The number of ether oxygens (including phenoxy) is 2. The molecular formula is C21H17F3N4O4. The van der Waals surface area contributed by atoms with Crippen LogP contribution in [-0.2, 0) is 12.7 Å². The zero-order chi connectivity index (χ0) is 23.0. The molecule has 0 radical (unpaired) electrons. The van der Waals surface area contributed by atoms with Crippen LogP contribution in [0.1, 0.15) is 21.5 Å². The number of nitrogens with zero attached hydrogens (tertiary/aromatic N) is 3. The van der Waals surface area contributed by atoms with Crippen LogP contribution >= 0.6 is 0 Å². The first-order chi connectivity index (χ1) is 15.2. The van der Waals surface area contributed by atoms with Gasteiger partial charge in [0.05, 0.1) is 48.9 Å². The van der Waals surface area contributed by atoms with Crippen LogP contribution in [0.3, 0.4) is 0 Å². The summed E-state index contributed by atoms with van der Waals surface area (Å²) in [6.45, 7) is 0.256. The van der Waals surface area contributed by atoms with Crippen LogP contribution in [0.4, 0.5) is 19.0 Å². The van der Waals surface area contributed by atoms with Crippen molar-refractivity contribution in [2.45, 2.75) is 12.7 Å². The molecule has 0 bridgehead atoms. The average molecular weight is 446 g/mol. The van der Waals surface area contributed by atoms with Gasteiger partial charge in [-0.3, -0.25) is 4.40 Å². The first-order valence-corrected chi connectivity index (χ1v) is 9.28. The number of rotatable bonds is 6. The monoisotopic (exact) mass is 446 g/mol. The quantitative estimate of drug-likeness (QED) is 0.457. The second-order valence-electron chi connectivity index (χ2n) is 6.83. The molecule has 8 nitrogen and oxygen atoms in total. The van der Waals surface area contributed by atoms with Crippen LogP contribution in [0.2, 0.25) is 0 Å². The van der Waals surface area contributed by atoms with Crippen LogP contribution < -0.4 is 14.8 Å². The predicted molar refractivity (Wildman–Crippen MR) is 109 cm³/mol. The Morgan fingerprint density at radius 1 is 1.16 bits per heavy atom. The second kappa shape index (κ2) is 7.91. The third-order valence-corrected chi connectivity index (χ3v) is 4.96. The molecule has 0 fully saturated rings. The van der Waals surface area contributed by atoms with E-state index in [1.54, 1.807) is 18.2 Å². The highest BCUT2D eigenvalue weighted by Crippen LogP contribution is 2.35. The van der Waals surface area contributed by atoms with E-state index in [1.807, 2.05) is 0 Å². The lowest BCUT2D eigenvalue weighted by atomic mass is 10.1. The highest BCUT2D eigenvalue weighted by molar-refractivity contribution is 5.96. The van der Waals surface area contributed by atoms with Gasteiger partial charge in [0.25, 0.3) is 0 Å². The summed E-state index contributed by atoms with van der Waals surface area (Å²) in [6.07, 6.45) is -1.98. The predicted octanol–water partition coefficient (Wildman–Crippen LogP) is 4.23. The van der Waals surface area contributed by atoms with E-state index in [0.29, 0.717) is 17.0 Å². The van der Waals surface area contributed by atoms with Gasteiger partial charge in [-0.15, -0.1) is 0 Å². The maximum atomic E-state index is 13.5. The molecule has 0 unspecified atom stereocenters. The number of imidazole rings is 1. The summed E-state index contributed by atoms with van der Waals surface area (Å²) in [5, 5.41) is 12.4. The van der Waals surface area contributed by atoms with E-state index in [9.17, 15) is 23.1 Å². The zero-order valence-electron chi connectivity index (χ0n) is 16.9. The number of benzene rings is 2. The number of aromatic carboxylic acids is 1. The smallest absolute Gasteiger partial charge is 0.417 e. The SMILES string of the molecule is COc1ccc(CNc2nc3cc(C(F)(F)F)c(C(=O)O)cc3n3cncc23)c(OC)c1. The normalized spacial score (nSPS) is 11.7. The summed E-state index contributed by atoms with van der Waals surface area (Å²) in [6, 6.07) is 6.95. The van der Waals surface area contributed by atoms with Crippen molar-refractivity contribution in [2.24, 2.45) is 0 Å². The van der Waals surface area contributed by atoms with E-state index in [0.717, 1.165) is 17.7 Å². The van der Waals surface area contributed by atoms with E-state index < -0.39 is 23.3 Å². The minimum Gasteiger partial charge on any atom is -0.497 e. The Kier molecular flexibility index (Phi) is 5.25. The molecule has 166 valence electrons. The number of halogens is 3. The summed E-state index contributed by atoms with van der Waals surface area (Å²) in [7, 11) is 3.05. The van der Waals surface area contributed by atoms with Gasteiger partial charge in [-0.05, 0) is 24.3 Å². The number of carbonyl (C=O) groups is 1. The molecular weight excluding hydrogens is 429 g/mol. The summed E-state index contributed by atoms with van der Waals surface area (Å²) in [4.78, 5) is 19.8. The van der Waals surface area contributed by atoms with Crippen molar-refractivity contribution in [1.29, 1.82) is 0 Å². The first-order valence-electron chi connectivity index (χ1n) is 9.28. The van der Waals surface area contributed by atoms with Gasteiger partial charge in [0.2, 0.25) is 0 Å². The molecule has 2 N–H and O–H groups in total. The Labute approximate surface area is 179 Å². The number of alkyl halides is 3. The van der Waals surface area contributed by atoms with Gasteiger partial charge < -0.3 is 19.9 Å². The van der Waals surface area contributed by atoms with Crippen molar-refractivity contribution in [3.63, 3.8) is 0 Å². The molecule has 0 saturated carbocycles. The van der Waals surface area contributed by atoms with Crippen LogP contribution in [-0.4, -0.2) is 39.7 Å². The number of hydrogen-bond acceptors (Lipinski definition) is 6. The number of fused-ring (bicyclic) bond motifs is 3. The molecule has 0 amide bonds. The molecule has 11 heteroatoms. The number of anilines is 1. The highest BCUT2D eigenvalue weighted by atomic mass is 19.4. The summed E-state index contributed by atoms with van der Waals surface area (Å²) < 4.78 is 52.4. The highest BCUT2D eigenvalue weighted by Gasteiger charge is 2.36. The number of nitrogens with one attached hydrogen (secondary N) is 1. The van der Waals surface area contributed by atoms with Gasteiger partial charge in [-0.1, -0.05) is 0 Å². The third kappa shape index (κ3) is 3.72. The fourth-order valence-corrected chi connectivity index (χ4v) is 3.42. The molecule has 2 heterocycles. The Morgan fingerprint density at radius 3 is 2.59 bits per heavy atom. The van der Waals surface area contributed by atoms with Crippen molar-refractivity contribution in [2.75, 3.05) is 19.5 Å². The molecule has 2 aromatic carbocycles. The van der Waals surface area contributed by atoms with Crippen molar-refractivity contribution in [3.8, 4) is 11.5 Å². The largest absolute Gasteiger partial charge is 0.497 e. The van der Waals surface area contributed by atoms with E-state index in [1.165, 1.54) is 31.1 Å². The van der Waals surface area contributed by atoms with E-state index in [4.69, 9.17) is 9.47 Å². The zero-order valence-corrected chi connectivity index (χ0v) is 16.9. The first kappa shape index (κ1) is 21.2. The Hall–Kier alpha value is -4.02. The lowest BCUT2D eigenvalue weighted by Crippen LogP contribution is -2.14. The lowest BCUT2D eigenvalue weighted by Gasteiger charge is -2.15. The van der Waals surface area contributed by atoms with E-state index >= 15 is 0 Å². The van der Waals surface area contributed by atoms with E-state index in [-0.39, 0.29) is 23.4 Å². The van der Waals surface area contributed by atoms with Gasteiger partial charge >= 0.3 is 12.1 Å². The maximum Gasteiger partial charge on any atom is 0.417 e. The molecule has 0 aliphatic rings. The van der Waals surface area contributed by atoms with Crippen molar-refractivity contribution in [1.82, 2.24) is 14.4 Å². The van der Waals surface area contributed by atoms with Crippen LogP contribution in [0, 0.1) is 0 Å². The summed E-state index contributed by atoms with van der Waals surface area (Å²) in [5.41, 5.74) is -0.726. The molecule has 0 atom stereocenters. The van der Waals surface area contributed by atoms with Crippen molar-refractivity contribution < 1.29 is 32.5 Å². The molecule has 0 saturated heterocycles. The molecule has 0 aliphatic heterocycles. The number of carboxylic acid groups (broad SMARTS) is 1. The van der Waals surface area contributed by atoms with Crippen LogP contribution in [0.25, 0.3) is 16.6 Å². The maximum absolute atomic E-state index is 13.5. The number of hydrogen-bond donors (Lipinski definition) is 2. The van der Waals surface area contributed by atoms with E-state index in [2.05, 4.69) is 15.3 Å². The van der Waals surface area contributed by atoms with Gasteiger partial charge in [0, 0.05) is 18.2 Å². The van der Waals surface area contributed by atoms with Crippen LogP contribution in [0.5, 0.6) is 11.5 Å². The fraction of sp³-hybridized carbons (Fsp3) is 0.190. The summed E-state index contributed by atoms with van der Waals surface area (Å²) >= 11 is 0. The standard InChI is InChI=1S/C21H17F3N4O4/c1-31-12-4-3-11(18(5-12)32-2)8-26-19-17-9-25-10-28(17)16-6-13(20(29)30)14(21(22,23)24)7-15(16)27-19/h3-7,9-10H,8H2,1-2H3,(H,26,27)(H,29,30). The Bertz CT molecular complexity index is 1330. The van der Waals surface area contributed by atoms with Gasteiger partial charge in [-0.2, -0.15) is 13.2 Å².